The number of pyridine rings is 1. The quantitative estimate of drug-likeness (QED) is 0.292. The Morgan fingerprint density at radius 1 is 0.979 bits per heavy atom. The molecule has 3 fully saturated rings. The highest BCUT2D eigenvalue weighted by Crippen LogP contribution is 2.35. The molecule has 2 saturated heterocycles. The van der Waals surface area contributed by atoms with Crippen LogP contribution in [0.3, 0.4) is 0 Å². The summed E-state index contributed by atoms with van der Waals surface area (Å²) < 4.78 is 2.11. The minimum Gasteiger partial charge on any atom is -0.368 e. The van der Waals surface area contributed by atoms with E-state index >= 15 is 0 Å². The third-order valence-electron chi connectivity index (χ3n) is 9.04. The fourth-order valence-corrected chi connectivity index (χ4v) is 6.51. The molecule has 0 aromatic carbocycles. The molecule has 15 nitrogen and oxygen atoms in total. The van der Waals surface area contributed by atoms with Crippen molar-refractivity contribution in [3.05, 3.63) is 54.1 Å². The van der Waals surface area contributed by atoms with E-state index in [1.54, 1.807) is 31.3 Å². The lowest BCUT2D eigenvalue weighted by Gasteiger charge is -2.35. The number of imide groups is 1. The number of hydrogen-bond acceptors (Lipinski definition) is 11. The first-order valence-corrected chi connectivity index (χ1v) is 16.1. The van der Waals surface area contributed by atoms with E-state index in [9.17, 15) is 14.4 Å². The van der Waals surface area contributed by atoms with E-state index in [0.29, 0.717) is 36.4 Å². The van der Waals surface area contributed by atoms with Gasteiger partial charge in [-0.2, -0.15) is 10.1 Å². The van der Waals surface area contributed by atoms with E-state index in [-0.39, 0.29) is 24.3 Å². The number of carbonyl (C=O) groups is 3. The molecule has 4 amide bonds. The van der Waals surface area contributed by atoms with E-state index < -0.39 is 6.03 Å². The van der Waals surface area contributed by atoms with Crippen molar-refractivity contribution < 1.29 is 14.4 Å². The lowest BCUT2D eigenvalue weighted by molar-refractivity contribution is -0.120. The average Bonchev–Trinajstić information content (AvgIpc) is 3.74. The molecule has 4 aromatic heterocycles. The number of fused-ring (bicyclic) bond motifs is 1. The van der Waals surface area contributed by atoms with Crippen LogP contribution < -0.4 is 20.4 Å². The second-order valence-electron chi connectivity index (χ2n) is 12.4. The highest BCUT2D eigenvalue weighted by atomic mass is 16.2. The van der Waals surface area contributed by atoms with Gasteiger partial charge in [-0.15, -0.1) is 5.10 Å². The van der Waals surface area contributed by atoms with Crippen LogP contribution in [0.2, 0.25) is 0 Å². The van der Waals surface area contributed by atoms with Crippen molar-refractivity contribution in [3.63, 3.8) is 0 Å². The lowest BCUT2D eigenvalue weighted by atomic mass is 10.2. The predicted molar refractivity (Wildman–Crippen MR) is 176 cm³/mol. The van der Waals surface area contributed by atoms with Crippen LogP contribution in [0, 0.1) is 0 Å². The molecule has 0 unspecified atom stereocenters. The Balaban J connectivity index is 0.959. The van der Waals surface area contributed by atoms with Crippen LogP contribution in [-0.4, -0.2) is 104 Å². The minimum absolute atomic E-state index is 0.0322. The van der Waals surface area contributed by atoms with Gasteiger partial charge in [-0.1, -0.05) is 12.8 Å². The van der Waals surface area contributed by atoms with Gasteiger partial charge in [0.2, 0.25) is 11.9 Å². The number of aromatic nitrogens is 6. The Morgan fingerprint density at radius 2 is 1.79 bits per heavy atom. The van der Waals surface area contributed by atoms with E-state index in [1.807, 2.05) is 30.5 Å². The number of rotatable bonds is 8. The standard InChI is InChI=1S/C32H38N12O3/c1-40(2)30(46)25-17-21-18-34-31(37-29(21)44(25)23-5-3-4-6-23)35-26-9-8-24(19-33-26)42-15-13-41(14-16-42)20-22-7-10-27(39-38-22)43-12-11-28(45)36-32(43)47/h7-10,17-19,23H,3-6,11-16,20H2,1-2H3,(H,36,45,47)(H,33,34,35,37). The number of carbonyl (C=O) groups excluding carboxylic acids is 3. The molecule has 7 rings (SSSR count). The van der Waals surface area contributed by atoms with Gasteiger partial charge in [0.1, 0.15) is 17.2 Å². The fraction of sp³-hybridized carbons (Fsp3) is 0.438. The molecule has 6 heterocycles. The van der Waals surface area contributed by atoms with Gasteiger partial charge in [0, 0.05) is 77.4 Å². The van der Waals surface area contributed by atoms with Gasteiger partial charge in [-0.25, -0.2) is 14.8 Å². The van der Waals surface area contributed by atoms with Gasteiger partial charge in [0.05, 0.1) is 17.6 Å². The SMILES string of the molecule is CN(C)C(=O)c1cc2cnc(Nc3ccc(N4CCN(Cc5ccc(N6CCC(=O)NC6=O)nn5)CC4)cn3)nc2n1C1CCCC1. The second kappa shape index (κ2) is 12.9. The highest BCUT2D eigenvalue weighted by Gasteiger charge is 2.27. The third kappa shape index (κ3) is 6.43. The monoisotopic (exact) mass is 638 g/mol. The molecule has 0 spiro atoms. The van der Waals surface area contributed by atoms with Crippen LogP contribution in [0.5, 0.6) is 0 Å². The Labute approximate surface area is 272 Å². The molecule has 3 aliphatic rings. The van der Waals surface area contributed by atoms with Crippen molar-refractivity contribution in [1.29, 1.82) is 0 Å². The third-order valence-corrected chi connectivity index (χ3v) is 9.04. The molecular weight excluding hydrogens is 600 g/mol. The smallest absolute Gasteiger partial charge is 0.329 e. The summed E-state index contributed by atoms with van der Waals surface area (Å²) in [6.45, 7) is 4.35. The lowest BCUT2D eigenvalue weighted by Crippen LogP contribution is -2.50. The number of nitrogens with zero attached hydrogens (tertiary/aromatic N) is 10. The number of nitrogens with one attached hydrogen (secondary N) is 2. The van der Waals surface area contributed by atoms with E-state index in [1.165, 1.54) is 4.90 Å². The molecule has 1 aliphatic carbocycles. The van der Waals surface area contributed by atoms with Gasteiger partial charge in [-0.3, -0.25) is 24.7 Å². The summed E-state index contributed by atoms with van der Waals surface area (Å²) >= 11 is 0. The molecule has 15 heteroatoms. The van der Waals surface area contributed by atoms with Gasteiger partial charge in [0.25, 0.3) is 5.91 Å². The summed E-state index contributed by atoms with van der Waals surface area (Å²) in [7, 11) is 3.54. The molecule has 244 valence electrons. The highest BCUT2D eigenvalue weighted by molar-refractivity contribution is 6.05. The molecule has 0 radical (unpaired) electrons. The fourth-order valence-electron chi connectivity index (χ4n) is 6.51. The molecule has 2 aliphatic heterocycles. The predicted octanol–water partition coefficient (Wildman–Crippen LogP) is 2.95. The second-order valence-corrected chi connectivity index (χ2v) is 12.4. The Hall–Kier alpha value is -5.18. The van der Waals surface area contributed by atoms with Crippen molar-refractivity contribution in [3.8, 4) is 0 Å². The summed E-state index contributed by atoms with van der Waals surface area (Å²) in [5, 5.41) is 14.9. The summed E-state index contributed by atoms with van der Waals surface area (Å²) in [4.78, 5) is 58.2. The minimum atomic E-state index is -0.467. The van der Waals surface area contributed by atoms with E-state index in [0.717, 1.165) is 74.3 Å². The first-order chi connectivity index (χ1) is 22.8. The zero-order chi connectivity index (χ0) is 32.5. The molecule has 1 saturated carbocycles. The van der Waals surface area contributed by atoms with Gasteiger partial charge >= 0.3 is 6.03 Å². The van der Waals surface area contributed by atoms with Crippen molar-refractivity contribution in [2.45, 2.75) is 44.7 Å². The topological polar surface area (TPSA) is 158 Å². The number of hydrogen-bond donors (Lipinski definition) is 2. The summed E-state index contributed by atoms with van der Waals surface area (Å²) in [6, 6.07) is 9.32. The zero-order valence-corrected chi connectivity index (χ0v) is 26.6. The van der Waals surface area contributed by atoms with E-state index in [4.69, 9.17) is 4.98 Å². The summed E-state index contributed by atoms with van der Waals surface area (Å²) in [5.41, 5.74) is 3.28. The number of anilines is 4. The first-order valence-electron chi connectivity index (χ1n) is 16.1. The van der Waals surface area contributed by atoms with E-state index in [2.05, 4.69) is 45.2 Å². The molecule has 0 atom stereocenters. The Morgan fingerprint density at radius 3 is 2.47 bits per heavy atom. The van der Waals surface area contributed by atoms with Crippen LogP contribution in [0.25, 0.3) is 11.0 Å². The number of piperazine rings is 1. The van der Waals surface area contributed by atoms with Crippen molar-refractivity contribution in [1.82, 2.24) is 44.8 Å². The molecule has 2 N–H and O–H groups in total. The Kier molecular flexibility index (Phi) is 8.37. The van der Waals surface area contributed by atoms with Crippen molar-refractivity contribution in [2.24, 2.45) is 0 Å². The largest absolute Gasteiger partial charge is 0.368 e. The van der Waals surface area contributed by atoms with Gasteiger partial charge in [-0.05, 0) is 43.2 Å². The summed E-state index contributed by atoms with van der Waals surface area (Å²) in [6.07, 6.45) is 8.25. The van der Waals surface area contributed by atoms with Crippen molar-refractivity contribution in [2.75, 3.05) is 61.9 Å². The average molecular weight is 639 g/mol. The molecule has 0 bridgehead atoms. The Bertz CT molecular complexity index is 1780. The van der Waals surface area contributed by atoms with Crippen molar-refractivity contribution >= 4 is 52.2 Å². The maximum atomic E-state index is 13.0. The maximum Gasteiger partial charge on any atom is 0.329 e. The van der Waals surface area contributed by atoms with Crippen LogP contribution in [-0.2, 0) is 11.3 Å². The van der Waals surface area contributed by atoms with Crippen LogP contribution in [0.15, 0.2) is 42.7 Å². The maximum absolute atomic E-state index is 13.0. The van der Waals surface area contributed by atoms with Gasteiger partial charge < -0.3 is 19.7 Å². The van der Waals surface area contributed by atoms with Crippen LogP contribution >= 0.6 is 0 Å². The van der Waals surface area contributed by atoms with Crippen LogP contribution in [0.1, 0.15) is 54.3 Å². The molecule has 47 heavy (non-hydrogen) atoms. The summed E-state index contributed by atoms with van der Waals surface area (Å²) in [5.74, 6) is 1.21. The number of urea groups is 1. The zero-order valence-electron chi connectivity index (χ0n) is 26.6. The van der Waals surface area contributed by atoms with Crippen LogP contribution in [0.4, 0.5) is 28.1 Å². The van der Waals surface area contributed by atoms with Gasteiger partial charge in [0.15, 0.2) is 5.82 Å². The molecule has 4 aromatic rings. The normalized spacial score (nSPS) is 17.7. The number of amides is 4. The molecular formula is C32H38N12O3. The first kappa shape index (κ1) is 30.5.